The Morgan fingerprint density at radius 1 is 1.04 bits per heavy atom. The molecule has 0 aliphatic carbocycles. The zero-order valence-electron chi connectivity index (χ0n) is 14.3. The summed E-state index contributed by atoms with van der Waals surface area (Å²) in [6, 6.07) is 15.4. The molecular formula is C20H18Cl2N2O. The predicted molar refractivity (Wildman–Crippen MR) is 102 cm³/mol. The fourth-order valence-electron chi connectivity index (χ4n) is 2.86. The monoisotopic (exact) mass is 372 g/mol. The number of aromatic nitrogens is 2. The first-order valence-electron chi connectivity index (χ1n) is 7.91. The van der Waals surface area contributed by atoms with Crippen LogP contribution in [-0.4, -0.2) is 16.1 Å². The molecule has 3 nitrogen and oxygen atoms in total. The second kappa shape index (κ2) is 6.66. The molecule has 0 spiro atoms. The van der Waals surface area contributed by atoms with Gasteiger partial charge in [-0.25, -0.2) is 4.68 Å². The summed E-state index contributed by atoms with van der Waals surface area (Å²) in [5.74, 6) is 0. The Balaban J connectivity index is 2.20. The molecule has 3 rings (SSSR count). The molecule has 128 valence electrons. The van der Waals surface area contributed by atoms with Gasteiger partial charge in [0.15, 0.2) is 6.29 Å². The minimum absolute atomic E-state index is 0.362. The van der Waals surface area contributed by atoms with Gasteiger partial charge in [-0.15, -0.1) is 0 Å². The molecule has 0 saturated carbocycles. The summed E-state index contributed by atoms with van der Waals surface area (Å²) in [6.45, 7) is 6.26. The lowest BCUT2D eigenvalue weighted by atomic mass is 9.81. The van der Waals surface area contributed by atoms with Crippen LogP contribution in [0.4, 0.5) is 0 Å². The minimum atomic E-state index is -0.370. The highest BCUT2D eigenvalue weighted by atomic mass is 35.5. The minimum Gasteiger partial charge on any atom is -0.296 e. The van der Waals surface area contributed by atoms with E-state index in [2.05, 4.69) is 50.1 Å². The van der Waals surface area contributed by atoms with E-state index in [-0.39, 0.29) is 5.41 Å². The number of benzene rings is 2. The van der Waals surface area contributed by atoms with Gasteiger partial charge in [0.05, 0.1) is 16.4 Å². The molecule has 25 heavy (non-hydrogen) atoms. The van der Waals surface area contributed by atoms with Crippen LogP contribution in [0.3, 0.4) is 0 Å². The summed E-state index contributed by atoms with van der Waals surface area (Å²) >= 11 is 12.4. The van der Waals surface area contributed by atoms with E-state index in [1.165, 1.54) is 5.56 Å². The summed E-state index contributed by atoms with van der Waals surface area (Å²) < 4.78 is 1.72. The van der Waals surface area contributed by atoms with Crippen molar-refractivity contribution in [3.05, 3.63) is 81.1 Å². The third-order valence-corrected chi connectivity index (χ3v) is 4.94. The van der Waals surface area contributed by atoms with Gasteiger partial charge in [-0.2, -0.15) is 5.10 Å². The number of carbonyl (C=O) groups excluding carboxylic acids is 1. The second-order valence-corrected chi connectivity index (χ2v) is 7.41. The molecule has 3 aromatic rings. The highest BCUT2D eigenvalue weighted by molar-refractivity contribution is 6.35. The molecule has 0 unspecified atom stereocenters. The van der Waals surface area contributed by atoms with Crippen LogP contribution in [0.5, 0.6) is 0 Å². The zero-order valence-corrected chi connectivity index (χ0v) is 15.8. The van der Waals surface area contributed by atoms with E-state index in [9.17, 15) is 4.79 Å². The van der Waals surface area contributed by atoms with Gasteiger partial charge in [0.1, 0.15) is 5.69 Å². The Morgan fingerprint density at radius 2 is 1.72 bits per heavy atom. The maximum Gasteiger partial charge on any atom is 0.170 e. The van der Waals surface area contributed by atoms with Crippen molar-refractivity contribution >= 4 is 29.5 Å². The number of nitrogens with zero attached hydrogens (tertiary/aromatic N) is 2. The molecule has 0 radical (unpaired) electrons. The van der Waals surface area contributed by atoms with Gasteiger partial charge < -0.3 is 0 Å². The number of carbonyl (C=O) groups is 1. The third kappa shape index (κ3) is 3.35. The standard InChI is InChI=1S/C20H18Cl2N2O/c1-13-4-6-14(7-5-13)20(2,3)19-11-16(12-25)23-24(19)18-9-8-15(21)10-17(18)22/h4-12H,1-3H3. The van der Waals surface area contributed by atoms with Crippen LogP contribution in [0.15, 0.2) is 48.5 Å². The Hall–Kier alpha value is -2.10. The van der Waals surface area contributed by atoms with Crippen molar-refractivity contribution in [2.45, 2.75) is 26.2 Å². The first-order chi connectivity index (χ1) is 11.8. The van der Waals surface area contributed by atoms with Crippen LogP contribution in [0, 0.1) is 6.92 Å². The summed E-state index contributed by atoms with van der Waals surface area (Å²) in [5, 5.41) is 5.45. The van der Waals surface area contributed by atoms with Crippen molar-refractivity contribution in [1.29, 1.82) is 0 Å². The summed E-state index contributed by atoms with van der Waals surface area (Å²) in [6.07, 6.45) is 0.745. The van der Waals surface area contributed by atoms with E-state index in [4.69, 9.17) is 23.2 Å². The van der Waals surface area contributed by atoms with E-state index in [1.807, 2.05) is 0 Å². The molecule has 0 aliphatic rings. The maximum atomic E-state index is 11.3. The van der Waals surface area contributed by atoms with Crippen LogP contribution in [0.2, 0.25) is 10.0 Å². The van der Waals surface area contributed by atoms with E-state index < -0.39 is 0 Å². The highest BCUT2D eigenvalue weighted by Gasteiger charge is 2.29. The Bertz CT molecular complexity index is 927. The topological polar surface area (TPSA) is 34.9 Å². The summed E-state index contributed by atoms with van der Waals surface area (Å²) in [4.78, 5) is 11.3. The lowest BCUT2D eigenvalue weighted by molar-refractivity contribution is 0.111. The van der Waals surface area contributed by atoms with Gasteiger partial charge >= 0.3 is 0 Å². The quantitative estimate of drug-likeness (QED) is 0.556. The van der Waals surface area contributed by atoms with Crippen LogP contribution in [0.1, 0.15) is 41.2 Å². The van der Waals surface area contributed by atoms with Crippen molar-refractivity contribution < 1.29 is 4.79 Å². The van der Waals surface area contributed by atoms with Gasteiger partial charge in [0.2, 0.25) is 0 Å². The van der Waals surface area contributed by atoms with Crippen LogP contribution in [-0.2, 0) is 5.41 Å². The van der Waals surface area contributed by atoms with Crippen LogP contribution in [0.25, 0.3) is 5.69 Å². The maximum absolute atomic E-state index is 11.3. The third-order valence-electron chi connectivity index (χ3n) is 4.40. The normalized spacial score (nSPS) is 11.6. The molecule has 1 aromatic heterocycles. The number of hydrogen-bond donors (Lipinski definition) is 0. The molecule has 5 heteroatoms. The lowest BCUT2D eigenvalue weighted by Gasteiger charge is -2.27. The summed E-state index contributed by atoms with van der Waals surface area (Å²) in [5.41, 5.74) is 3.88. The van der Waals surface area contributed by atoms with Crippen molar-refractivity contribution in [3.63, 3.8) is 0 Å². The fraction of sp³-hybridized carbons (Fsp3) is 0.200. The molecular weight excluding hydrogens is 355 g/mol. The van der Waals surface area contributed by atoms with Gasteiger partial charge in [-0.05, 0) is 36.8 Å². The Morgan fingerprint density at radius 3 is 2.32 bits per heavy atom. The SMILES string of the molecule is Cc1ccc(C(C)(C)c2cc(C=O)nn2-c2ccc(Cl)cc2Cl)cc1. The van der Waals surface area contributed by atoms with E-state index in [0.29, 0.717) is 21.4 Å². The highest BCUT2D eigenvalue weighted by Crippen LogP contribution is 2.35. The van der Waals surface area contributed by atoms with Crippen LogP contribution >= 0.6 is 23.2 Å². The first-order valence-corrected chi connectivity index (χ1v) is 8.67. The molecule has 0 atom stereocenters. The van der Waals surface area contributed by atoms with Gasteiger partial charge in [-0.3, -0.25) is 4.79 Å². The number of aldehydes is 1. The fourth-order valence-corrected chi connectivity index (χ4v) is 3.35. The van der Waals surface area contributed by atoms with E-state index in [1.54, 1.807) is 28.9 Å². The first kappa shape index (κ1) is 17.7. The average molecular weight is 373 g/mol. The average Bonchev–Trinajstić information content (AvgIpc) is 3.00. The van der Waals surface area contributed by atoms with Crippen molar-refractivity contribution in [2.24, 2.45) is 0 Å². The van der Waals surface area contributed by atoms with Gasteiger partial charge in [-0.1, -0.05) is 66.9 Å². The van der Waals surface area contributed by atoms with Gasteiger partial charge in [0.25, 0.3) is 0 Å². The number of halogens is 2. The number of rotatable bonds is 4. The molecule has 0 bridgehead atoms. The molecule has 2 aromatic carbocycles. The molecule has 1 heterocycles. The zero-order chi connectivity index (χ0) is 18.2. The lowest BCUT2D eigenvalue weighted by Crippen LogP contribution is -2.23. The van der Waals surface area contributed by atoms with Crippen molar-refractivity contribution in [1.82, 2.24) is 9.78 Å². The molecule has 0 saturated heterocycles. The van der Waals surface area contributed by atoms with E-state index >= 15 is 0 Å². The number of aryl methyl sites for hydroxylation is 1. The summed E-state index contributed by atoms with van der Waals surface area (Å²) in [7, 11) is 0. The predicted octanol–water partition coefficient (Wildman–Crippen LogP) is 5.63. The Kier molecular flexibility index (Phi) is 4.72. The van der Waals surface area contributed by atoms with Crippen molar-refractivity contribution in [3.8, 4) is 5.69 Å². The van der Waals surface area contributed by atoms with Crippen molar-refractivity contribution in [2.75, 3.05) is 0 Å². The second-order valence-electron chi connectivity index (χ2n) is 6.57. The molecule has 0 aliphatic heterocycles. The smallest absolute Gasteiger partial charge is 0.170 e. The largest absolute Gasteiger partial charge is 0.296 e. The van der Waals surface area contributed by atoms with Crippen LogP contribution < -0.4 is 0 Å². The molecule has 0 fully saturated rings. The molecule has 0 N–H and O–H groups in total. The van der Waals surface area contributed by atoms with Gasteiger partial charge in [0, 0.05) is 10.4 Å². The molecule has 0 amide bonds. The van der Waals surface area contributed by atoms with E-state index in [0.717, 1.165) is 17.5 Å². The Labute approximate surface area is 157 Å². The number of hydrogen-bond acceptors (Lipinski definition) is 2.